The van der Waals surface area contributed by atoms with Crippen molar-refractivity contribution in [3.05, 3.63) is 34.3 Å². The van der Waals surface area contributed by atoms with Gasteiger partial charge in [-0.2, -0.15) is 0 Å². The van der Waals surface area contributed by atoms with Gasteiger partial charge in [-0.05, 0) is 85.8 Å². The standard InChI is InChI=1S/C25H36ClN3O2/c26-23-2-1-17(3-5-29-6-4-27-14-21(29)15-30)10-22(23)24(31)28-16-25-11-18-7-19(12-25)9-20(8-18)13-25/h1-2,10,18-21,27,30H,3-9,11-16H2,(H,28,31). The first-order valence-corrected chi connectivity index (χ1v) is 12.5. The number of aliphatic hydroxyl groups is 1. The van der Waals surface area contributed by atoms with Crippen LogP contribution in [0.4, 0.5) is 0 Å². The molecule has 0 radical (unpaired) electrons. The average Bonchev–Trinajstić information content (AvgIpc) is 2.76. The number of nitrogens with one attached hydrogen (secondary N) is 2. The largest absolute Gasteiger partial charge is 0.395 e. The number of hydrogen-bond donors (Lipinski definition) is 3. The van der Waals surface area contributed by atoms with Crippen LogP contribution in [0.15, 0.2) is 18.2 Å². The van der Waals surface area contributed by atoms with E-state index in [-0.39, 0.29) is 18.6 Å². The number of amides is 1. The zero-order chi connectivity index (χ0) is 21.4. The summed E-state index contributed by atoms with van der Waals surface area (Å²) in [4.78, 5) is 15.4. The highest BCUT2D eigenvalue weighted by Crippen LogP contribution is 2.59. The van der Waals surface area contributed by atoms with E-state index in [2.05, 4.69) is 15.5 Å². The number of piperazine rings is 1. The summed E-state index contributed by atoms with van der Waals surface area (Å²) in [5.74, 6) is 2.64. The lowest BCUT2D eigenvalue weighted by atomic mass is 9.49. The highest BCUT2D eigenvalue weighted by Gasteiger charge is 2.50. The molecule has 1 aliphatic heterocycles. The number of benzene rings is 1. The lowest BCUT2D eigenvalue weighted by molar-refractivity contribution is -0.0503. The number of carbonyl (C=O) groups is 1. The summed E-state index contributed by atoms with van der Waals surface area (Å²) in [5.41, 5.74) is 2.05. The summed E-state index contributed by atoms with van der Waals surface area (Å²) < 4.78 is 0. The first kappa shape index (κ1) is 21.7. The quantitative estimate of drug-likeness (QED) is 0.603. The molecule has 1 aromatic rings. The molecule has 4 bridgehead atoms. The minimum Gasteiger partial charge on any atom is -0.395 e. The predicted octanol–water partition coefficient (Wildman–Crippen LogP) is 3.09. The second-order valence-corrected chi connectivity index (χ2v) is 11.1. The number of carbonyl (C=O) groups excluding carboxylic acids is 1. The summed E-state index contributed by atoms with van der Waals surface area (Å²) in [6.07, 6.45) is 9.00. The molecule has 1 aromatic carbocycles. The molecule has 5 nitrogen and oxygen atoms in total. The van der Waals surface area contributed by atoms with Gasteiger partial charge in [0.1, 0.15) is 0 Å². The Morgan fingerprint density at radius 2 is 1.90 bits per heavy atom. The third kappa shape index (κ3) is 4.66. The van der Waals surface area contributed by atoms with Crippen molar-refractivity contribution in [3.63, 3.8) is 0 Å². The predicted molar refractivity (Wildman–Crippen MR) is 123 cm³/mol. The SMILES string of the molecule is O=C(NCC12CC3CC(CC(C3)C1)C2)c1cc(CCN2CCNCC2CO)ccc1Cl. The van der Waals surface area contributed by atoms with Crippen molar-refractivity contribution in [2.75, 3.05) is 39.3 Å². The number of rotatable bonds is 7. The molecule has 1 atom stereocenters. The molecule has 5 fully saturated rings. The van der Waals surface area contributed by atoms with Gasteiger partial charge in [0.2, 0.25) is 0 Å². The molecule has 0 aromatic heterocycles. The van der Waals surface area contributed by atoms with Crippen molar-refractivity contribution in [1.29, 1.82) is 0 Å². The fourth-order valence-electron chi connectivity index (χ4n) is 7.32. The molecule has 1 unspecified atom stereocenters. The van der Waals surface area contributed by atoms with Gasteiger partial charge in [-0.15, -0.1) is 0 Å². The average molecular weight is 446 g/mol. The van der Waals surface area contributed by atoms with Crippen LogP contribution < -0.4 is 10.6 Å². The zero-order valence-electron chi connectivity index (χ0n) is 18.4. The van der Waals surface area contributed by atoms with E-state index >= 15 is 0 Å². The number of hydrogen-bond acceptors (Lipinski definition) is 4. The zero-order valence-corrected chi connectivity index (χ0v) is 19.2. The topological polar surface area (TPSA) is 64.6 Å². The summed E-state index contributed by atoms with van der Waals surface area (Å²) in [6, 6.07) is 6.02. The number of halogens is 1. The van der Waals surface area contributed by atoms with Crippen molar-refractivity contribution in [2.45, 2.75) is 51.0 Å². The molecule has 1 heterocycles. The van der Waals surface area contributed by atoms with Crippen molar-refractivity contribution in [2.24, 2.45) is 23.2 Å². The maximum Gasteiger partial charge on any atom is 0.252 e. The van der Waals surface area contributed by atoms with Crippen molar-refractivity contribution >= 4 is 17.5 Å². The fourth-order valence-corrected chi connectivity index (χ4v) is 7.52. The molecule has 1 saturated heterocycles. The molecule has 6 heteroatoms. The normalized spacial score (nSPS) is 34.8. The van der Waals surface area contributed by atoms with E-state index in [4.69, 9.17) is 11.6 Å². The third-order valence-electron chi connectivity index (χ3n) is 8.44. The Morgan fingerprint density at radius 3 is 2.58 bits per heavy atom. The molecule has 1 amide bonds. The first-order valence-electron chi connectivity index (χ1n) is 12.2. The lowest BCUT2D eigenvalue weighted by Gasteiger charge is -2.56. The Balaban J connectivity index is 1.20. The molecule has 4 aliphatic carbocycles. The van der Waals surface area contributed by atoms with Gasteiger partial charge in [0.15, 0.2) is 0 Å². The molecule has 4 saturated carbocycles. The lowest BCUT2D eigenvalue weighted by Crippen LogP contribution is -2.53. The summed E-state index contributed by atoms with van der Waals surface area (Å²) in [5, 5.41) is 16.7. The number of nitrogens with zero attached hydrogens (tertiary/aromatic N) is 1. The second-order valence-electron chi connectivity index (χ2n) is 10.7. The van der Waals surface area contributed by atoms with Crippen LogP contribution >= 0.6 is 11.6 Å². The van der Waals surface area contributed by atoms with E-state index in [0.717, 1.165) is 62.5 Å². The molecule has 31 heavy (non-hydrogen) atoms. The van der Waals surface area contributed by atoms with E-state index < -0.39 is 0 Å². The first-order chi connectivity index (χ1) is 15.0. The van der Waals surface area contributed by atoms with Gasteiger partial charge >= 0.3 is 0 Å². The van der Waals surface area contributed by atoms with Gasteiger partial charge in [-0.3, -0.25) is 9.69 Å². The van der Waals surface area contributed by atoms with Crippen LogP contribution in [-0.2, 0) is 6.42 Å². The summed E-state index contributed by atoms with van der Waals surface area (Å²) in [7, 11) is 0. The molecular weight excluding hydrogens is 410 g/mol. The molecule has 6 rings (SSSR count). The van der Waals surface area contributed by atoms with E-state index in [0.29, 0.717) is 16.0 Å². The molecular formula is C25H36ClN3O2. The Labute approximate surface area is 190 Å². The summed E-state index contributed by atoms with van der Waals surface area (Å²) >= 11 is 6.43. The molecule has 0 spiro atoms. The van der Waals surface area contributed by atoms with E-state index in [1.807, 2.05) is 18.2 Å². The minimum absolute atomic E-state index is 0.0296. The second kappa shape index (κ2) is 9.01. The van der Waals surface area contributed by atoms with Crippen molar-refractivity contribution < 1.29 is 9.90 Å². The van der Waals surface area contributed by atoms with Gasteiger partial charge in [0, 0.05) is 38.8 Å². The van der Waals surface area contributed by atoms with E-state index in [1.54, 1.807) is 0 Å². The fraction of sp³-hybridized carbons (Fsp3) is 0.720. The highest BCUT2D eigenvalue weighted by molar-refractivity contribution is 6.33. The Bertz CT molecular complexity index is 779. The Hall–Kier alpha value is -1.14. The molecule has 3 N–H and O–H groups in total. The Morgan fingerprint density at radius 1 is 1.19 bits per heavy atom. The van der Waals surface area contributed by atoms with Gasteiger partial charge in [-0.25, -0.2) is 0 Å². The van der Waals surface area contributed by atoms with Crippen molar-refractivity contribution in [3.8, 4) is 0 Å². The van der Waals surface area contributed by atoms with E-state index in [9.17, 15) is 9.90 Å². The van der Waals surface area contributed by atoms with Crippen LogP contribution in [-0.4, -0.2) is 61.3 Å². The van der Waals surface area contributed by atoms with Crippen LogP contribution in [0, 0.1) is 23.2 Å². The van der Waals surface area contributed by atoms with Crippen LogP contribution in [0.25, 0.3) is 0 Å². The third-order valence-corrected chi connectivity index (χ3v) is 8.76. The Kier molecular flexibility index (Phi) is 6.31. The van der Waals surface area contributed by atoms with Gasteiger partial charge in [0.25, 0.3) is 5.91 Å². The van der Waals surface area contributed by atoms with Gasteiger partial charge in [-0.1, -0.05) is 17.7 Å². The van der Waals surface area contributed by atoms with Crippen molar-refractivity contribution in [1.82, 2.24) is 15.5 Å². The van der Waals surface area contributed by atoms with Gasteiger partial charge < -0.3 is 15.7 Å². The smallest absolute Gasteiger partial charge is 0.252 e. The molecule has 5 aliphatic rings. The molecule has 170 valence electrons. The highest BCUT2D eigenvalue weighted by atomic mass is 35.5. The maximum atomic E-state index is 13.1. The van der Waals surface area contributed by atoms with Crippen LogP contribution in [0.2, 0.25) is 5.02 Å². The maximum absolute atomic E-state index is 13.1. The van der Waals surface area contributed by atoms with E-state index in [1.165, 1.54) is 38.5 Å². The number of aliphatic hydroxyl groups excluding tert-OH is 1. The van der Waals surface area contributed by atoms with Crippen LogP contribution in [0.1, 0.15) is 54.4 Å². The minimum atomic E-state index is -0.0296. The van der Waals surface area contributed by atoms with Gasteiger partial charge in [0.05, 0.1) is 17.2 Å². The summed E-state index contributed by atoms with van der Waals surface area (Å²) in [6.45, 7) is 4.57. The van der Waals surface area contributed by atoms with Crippen LogP contribution in [0.5, 0.6) is 0 Å². The monoisotopic (exact) mass is 445 g/mol. The van der Waals surface area contributed by atoms with Crippen LogP contribution in [0.3, 0.4) is 0 Å².